The lowest BCUT2D eigenvalue weighted by molar-refractivity contribution is -0.182. The summed E-state index contributed by atoms with van der Waals surface area (Å²) in [4.78, 5) is 23.7. The molecule has 0 saturated heterocycles. The lowest BCUT2D eigenvalue weighted by Crippen LogP contribution is -2.45. The summed E-state index contributed by atoms with van der Waals surface area (Å²) in [6.07, 6.45) is -4.18. The van der Waals surface area contributed by atoms with Crippen LogP contribution in [0.25, 0.3) is 0 Å². The van der Waals surface area contributed by atoms with Gasteiger partial charge in [-0.3, -0.25) is 9.63 Å². The van der Waals surface area contributed by atoms with Gasteiger partial charge >= 0.3 is 24.2 Å². The highest BCUT2D eigenvalue weighted by molar-refractivity contribution is 5.83. The van der Waals surface area contributed by atoms with Gasteiger partial charge in [0.1, 0.15) is 0 Å². The molecule has 0 aromatic heterocycles. The molecule has 9 heteroatoms. The molecular formula is C5H5F4NO4. The summed E-state index contributed by atoms with van der Waals surface area (Å²) in [5.41, 5.74) is 0.886. The van der Waals surface area contributed by atoms with E-state index in [0.717, 1.165) is 5.48 Å². The number of aliphatic carboxylic acids is 1. The smallest absolute Gasteiger partial charge is 0.385 e. The number of hydrogen-bond donors (Lipinski definition) is 2. The minimum Gasteiger partial charge on any atom is -0.479 e. The summed E-state index contributed by atoms with van der Waals surface area (Å²) in [5.74, 6) is -8.85. The first-order valence-corrected chi connectivity index (χ1v) is 3.08. The molecule has 1 amide bonds. The number of amides is 1. The van der Waals surface area contributed by atoms with Gasteiger partial charge in [-0.05, 0) is 0 Å². The number of rotatable bonds is 5. The number of hydroxylamine groups is 1. The van der Waals surface area contributed by atoms with Gasteiger partial charge in [-0.15, -0.1) is 0 Å². The Hall–Kier alpha value is -1.38. The van der Waals surface area contributed by atoms with Gasteiger partial charge in [0.05, 0.1) is 0 Å². The van der Waals surface area contributed by atoms with Crippen LogP contribution in [0, 0.1) is 0 Å². The summed E-state index contributed by atoms with van der Waals surface area (Å²) in [6, 6.07) is 0. The first-order valence-electron chi connectivity index (χ1n) is 3.08. The molecule has 0 aliphatic carbocycles. The number of nitrogens with one attached hydrogen (secondary N) is 1. The number of carbonyl (C=O) groups is 2. The second-order valence-electron chi connectivity index (χ2n) is 2.04. The molecule has 0 rings (SSSR count). The van der Waals surface area contributed by atoms with Crippen molar-refractivity contribution in [2.75, 3.05) is 6.61 Å². The van der Waals surface area contributed by atoms with Gasteiger partial charge in [0.25, 0.3) is 0 Å². The number of carboxylic acids is 1. The highest BCUT2D eigenvalue weighted by atomic mass is 19.3. The van der Waals surface area contributed by atoms with Crippen molar-refractivity contribution in [3.8, 4) is 0 Å². The van der Waals surface area contributed by atoms with E-state index in [9.17, 15) is 27.2 Å². The number of alkyl halides is 4. The number of halogens is 4. The zero-order chi connectivity index (χ0) is 11.4. The second-order valence-corrected chi connectivity index (χ2v) is 2.04. The third kappa shape index (κ3) is 3.56. The minimum absolute atomic E-state index is 0.886. The molecular weight excluding hydrogens is 214 g/mol. The Bertz CT molecular complexity index is 232. The third-order valence-electron chi connectivity index (χ3n) is 0.937. The maximum Gasteiger partial charge on any atom is 0.385 e. The van der Waals surface area contributed by atoms with Gasteiger partial charge in [0, 0.05) is 0 Å². The summed E-state index contributed by atoms with van der Waals surface area (Å²) >= 11 is 0. The Kier molecular flexibility index (Phi) is 4.28. The predicted octanol–water partition coefficient (Wildman–Crippen LogP) is 0.0192. The van der Waals surface area contributed by atoms with Crippen LogP contribution in [-0.2, 0) is 14.4 Å². The molecule has 0 saturated carbocycles. The Morgan fingerprint density at radius 1 is 1.43 bits per heavy atom. The lowest BCUT2D eigenvalue weighted by atomic mass is 10.3. The molecule has 0 spiro atoms. The molecule has 0 unspecified atom stereocenters. The fraction of sp³-hybridized carbons (Fsp3) is 0.600. The second kappa shape index (κ2) is 4.74. The maximum absolute atomic E-state index is 12.1. The summed E-state index contributed by atoms with van der Waals surface area (Å²) < 4.78 is 47.1. The molecule has 0 aliphatic heterocycles. The zero-order valence-electron chi connectivity index (χ0n) is 6.47. The fourth-order valence-corrected chi connectivity index (χ4v) is 0.331. The van der Waals surface area contributed by atoms with Crippen molar-refractivity contribution in [3.05, 3.63) is 0 Å². The molecule has 0 heterocycles. The molecule has 0 aromatic carbocycles. The monoisotopic (exact) mass is 219 g/mol. The average Bonchev–Trinajstić information content (AvgIpc) is 2.02. The first kappa shape index (κ1) is 12.6. The molecule has 0 bridgehead atoms. The van der Waals surface area contributed by atoms with Gasteiger partial charge in [-0.1, -0.05) is 0 Å². The van der Waals surface area contributed by atoms with Crippen LogP contribution in [0.2, 0.25) is 0 Å². The Morgan fingerprint density at radius 2 is 1.93 bits per heavy atom. The van der Waals surface area contributed by atoms with E-state index in [-0.39, 0.29) is 0 Å². The molecule has 0 aromatic rings. The normalized spacial score (nSPS) is 11.5. The standard InChI is InChI=1S/C5H5F4NO4/c6-3(7)5(8,9)4(13)10-14-1-2(11)12/h3H,1H2,(H,10,13)(H,11,12). The highest BCUT2D eigenvalue weighted by Gasteiger charge is 2.49. The van der Waals surface area contributed by atoms with Crippen molar-refractivity contribution in [1.82, 2.24) is 5.48 Å². The highest BCUT2D eigenvalue weighted by Crippen LogP contribution is 2.22. The zero-order valence-corrected chi connectivity index (χ0v) is 6.47. The SMILES string of the molecule is O=C(O)CONC(=O)C(F)(F)C(F)F. The number of hydrogen-bond acceptors (Lipinski definition) is 3. The summed E-state index contributed by atoms with van der Waals surface area (Å²) in [5, 5.41) is 7.93. The van der Waals surface area contributed by atoms with Crippen molar-refractivity contribution in [3.63, 3.8) is 0 Å². The van der Waals surface area contributed by atoms with Crippen LogP contribution in [-0.4, -0.2) is 35.9 Å². The molecule has 82 valence electrons. The van der Waals surface area contributed by atoms with Gasteiger partial charge in [-0.2, -0.15) is 8.78 Å². The van der Waals surface area contributed by atoms with Crippen LogP contribution in [0.15, 0.2) is 0 Å². The fourth-order valence-electron chi connectivity index (χ4n) is 0.331. The van der Waals surface area contributed by atoms with Gasteiger partial charge in [-0.25, -0.2) is 19.1 Å². The summed E-state index contributed by atoms with van der Waals surface area (Å²) in [7, 11) is 0. The third-order valence-corrected chi connectivity index (χ3v) is 0.937. The molecule has 2 N–H and O–H groups in total. The van der Waals surface area contributed by atoms with Crippen molar-refractivity contribution >= 4 is 11.9 Å². The van der Waals surface area contributed by atoms with E-state index in [2.05, 4.69) is 4.84 Å². The molecule has 0 radical (unpaired) electrons. The van der Waals surface area contributed by atoms with Crippen molar-refractivity contribution < 1.29 is 37.1 Å². The van der Waals surface area contributed by atoms with Gasteiger partial charge in [0.15, 0.2) is 6.61 Å². The predicted molar refractivity (Wildman–Crippen MR) is 32.7 cm³/mol. The van der Waals surface area contributed by atoms with Crippen LogP contribution in [0.3, 0.4) is 0 Å². The molecule has 0 aliphatic rings. The minimum atomic E-state index is -4.90. The maximum atomic E-state index is 12.1. The van der Waals surface area contributed by atoms with Crippen molar-refractivity contribution in [2.45, 2.75) is 12.3 Å². The van der Waals surface area contributed by atoms with Gasteiger partial charge in [0.2, 0.25) is 0 Å². The van der Waals surface area contributed by atoms with E-state index in [1.165, 1.54) is 0 Å². The topological polar surface area (TPSA) is 75.6 Å². The van der Waals surface area contributed by atoms with Crippen LogP contribution in [0.1, 0.15) is 0 Å². The Labute approximate surface area is 74.6 Å². The average molecular weight is 219 g/mol. The van der Waals surface area contributed by atoms with Crippen molar-refractivity contribution in [2.24, 2.45) is 0 Å². The Morgan fingerprint density at radius 3 is 2.29 bits per heavy atom. The largest absolute Gasteiger partial charge is 0.479 e. The Balaban J connectivity index is 4.02. The van der Waals surface area contributed by atoms with Crippen LogP contribution < -0.4 is 5.48 Å². The van der Waals surface area contributed by atoms with E-state index < -0.39 is 30.8 Å². The summed E-state index contributed by atoms with van der Waals surface area (Å²) in [6.45, 7) is -1.11. The van der Waals surface area contributed by atoms with Crippen LogP contribution in [0.5, 0.6) is 0 Å². The van der Waals surface area contributed by atoms with E-state index in [1.807, 2.05) is 0 Å². The number of carbonyl (C=O) groups excluding carboxylic acids is 1. The van der Waals surface area contributed by atoms with E-state index in [1.54, 1.807) is 0 Å². The van der Waals surface area contributed by atoms with Gasteiger partial charge < -0.3 is 5.11 Å². The van der Waals surface area contributed by atoms with E-state index in [4.69, 9.17) is 5.11 Å². The van der Waals surface area contributed by atoms with Crippen LogP contribution in [0.4, 0.5) is 17.6 Å². The van der Waals surface area contributed by atoms with E-state index in [0.29, 0.717) is 0 Å². The number of carboxylic acid groups (broad SMARTS) is 1. The quantitative estimate of drug-likeness (QED) is 0.504. The van der Waals surface area contributed by atoms with Crippen molar-refractivity contribution in [1.29, 1.82) is 0 Å². The molecule has 14 heavy (non-hydrogen) atoms. The lowest BCUT2D eigenvalue weighted by Gasteiger charge is -2.13. The molecule has 0 fully saturated rings. The molecule has 5 nitrogen and oxygen atoms in total. The van der Waals surface area contributed by atoms with E-state index >= 15 is 0 Å². The molecule has 0 atom stereocenters. The van der Waals surface area contributed by atoms with Crippen LogP contribution >= 0.6 is 0 Å². The first-order chi connectivity index (χ1) is 6.28.